The van der Waals surface area contributed by atoms with Crippen LogP contribution in [0, 0.1) is 11.6 Å². The SMILES string of the molecule is CN(Cc1ccc(F)cc1)c1ccc(C(=O)O)c(Br)c1F. The van der Waals surface area contributed by atoms with Crippen LogP contribution in [0.2, 0.25) is 0 Å². The summed E-state index contributed by atoms with van der Waals surface area (Å²) in [6.07, 6.45) is 0. The Kier molecular flexibility index (Phi) is 4.57. The van der Waals surface area contributed by atoms with Crippen LogP contribution >= 0.6 is 15.9 Å². The normalized spacial score (nSPS) is 10.5. The van der Waals surface area contributed by atoms with Crippen LogP contribution < -0.4 is 4.90 Å². The van der Waals surface area contributed by atoms with Gasteiger partial charge in [0.2, 0.25) is 0 Å². The quantitative estimate of drug-likeness (QED) is 0.898. The molecule has 0 amide bonds. The summed E-state index contributed by atoms with van der Waals surface area (Å²) in [5.74, 6) is -2.17. The zero-order valence-corrected chi connectivity index (χ0v) is 12.7. The number of nitrogens with zero attached hydrogens (tertiary/aromatic N) is 1. The maximum absolute atomic E-state index is 14.2. The van der Waals surface area contributed by atoms with Crippen LogP contribution in [0.25, 0.3) is 0 Å². The molecule has 0 radical (unpaired) electrons. The second-order valence-corrected chi connectivity index (χ2v) is 5.34. The molecule has 0 aliphatic rings. The predicted molar refractivity (Wildman–Crippen MR) is 79.6 cm³/mol. The van der Waals surface area contributed by atoms with Gasteiger partial charge >= 0.3 is 5.97 Å². The number of carboxylic acid groups (broad SMARTS) is 1. The highest BCUT2D eigenvalue weighted by atomic mass is 79.9. The largest absolute Gasteiger partial charge is 0.478 e. The topological polar surface area (TPSA) is 40.5 Å². The Morgan fingerprint density at radius 1 is 1.19 bits per heavy atom. The summed E-state index contributed by atoms with van der Waals surface area (Å²) in [4.78, 5) is 12.6. The lowest BCUT2D eigenvalue weighted by Crippen LogP contribution is -2.18. The van der Waals surface area contributed by atoms with Gasteiger partial charge in [-0.25, -0.2) is 13.6 Å². The number of carbonyl (C=O) groups is 1. The van der Waals surface area contributed by atoms with Gasteiger partial charge in [-0.2, -0.15) is 0 Å². The van der Waals surface area contributed by atoms with Crippen molar-refractivity contribution in [1.82, 2.24) is 0 Å². The number of benzene rings is 2. The summed E-state index contributed by atoms with van der Waals surface area (Å²) in [6.45, 7) is 0.371. The van der Waals surface area contributed by atoms with Crippen LogP contribution in [0.15, 0.2) is 40.9 Å². The van der Waals surface area contributed by atoms with Crippen LogP contribution in [-0.2, 0) is 6.54 Å². The van der Waals surface area contributed by atoms with Gasteiger partial charge in [0.25, 0.3) is 0 Å². The van der Waals surface area contributed by atoms with Gasteiger partial charge in [0.05, 0.1) is 15.7 Å². The highest BCUT2D eigenvalue weighted by Gasteiger charge is 2.18. The Morgan fingerprint density at radius 3 is 2.38 bits per heavy atom. The van der Waals surface area contributed by atoms with Crippen molar-refractivity contribution in [3.63, 3.8) is 0 Å². The second kappa shape index (κ2) is 6.22. The molecule has 1 N–H and O–H groups in total. The van der Waals surface area contributed by atoms with E-state index < -0.39 is 11.8 Å². The smallest absolute Gasteiger partial charge is 0.336 e. The Bertz CT molecular complexity index is 674. The van der Waals surface area contributed by atoms with E-state index in [0.717, 1.165) is 5.56 Å². The fourth-order valence-electron chi connectivity index (χ4n) is 1.95. The molecule has 21 heavy (non-hydrogen) atoms. The van der Waals surface area contributed by atoms with E-state index in [1.807, 2.05) is 0 Å². The lowest BCUT2D eigenvalue weighted by atomic mass is 10.1. The number of aromatic carboxylic acids is 1. The number of anilines is 1. The lowest BCUT2D eigenvalue weighted by molar-refractivity contribution is 0.0695. The number of carboxylic acids is 1. The first-order valence-electron chi connectivity index (χ1n) is 6.07. The van der Waals surface area contributed by atoms with Gasteiger partial charge in [-0.1, -0.05) is 12.1 Å². The number of hydrogen-bond acceptors (Lipinski definition) is 2. The molecule has 6 heteroatoms. The molecule has 0 fully saturated rings. The number of rotatable bonds is 4. The fraction of sp³-hybridized carbons (Fsp3) is 0.133. The summed E-state index contributed by atoms with van der Waals surface area (Å²) in [7, 11) is 1.68. The monoisotopic (exact) mass is 355 g/mol. The van der Waals surface area contributed by atoms with Crippen molar-refractivity contribution in [2.45, 2.75) is 6.54 Å². The summed E-state index contributed by atoms with van der Waals surface area (Å²) in [6, 6.07) is 8.65. The van der Waals surface area contributed by atoms with E-state index in [9.17, 15) is 13.6 Å². The predicted octanol–water partition coefficient (Wildman–Crippen LogP) is 4.06. The molecule has 0 saturated carbocycles. The lowest BCUT2D eigenvalue weighted by Gasteiger charge is -2.21. The third-order valence-corrected chi connectivity index (χ3v) is 3.81. The minimum atomic E-state index is -1.20. The molecule has 0 aliphatic carbocycles. The van der Waals surface area contributed by atoms with E-state index in [1.54, 1.807) is 24.1 Å². The molecule has 110 valence electrons. The van der Waals surface area contributed by atoms with Gasteiger partial charge in [0.1, 0.15) is 5.82 Å². The summed E-state index contributed by atoms with van der Waals surface area (Å²) in [5.41, 5.74) is 0.944. The van der Waals surface area contributed by atoms with Gasteiger partial charge in [0, 0.05) is 13.6 Å². The van der Waals surface area contributed by atoms with Gasteiger partial charge in [-0.05, 0) is 45.8 Å². The van der Waals surface area contributed by atoms with Crippen molar-refractivity contribution in [2.75, 3.05) is 11.9 Å². The highest BCUT2D eigenvalue weighted by Crippen LogP contribution is 2.29. The summed E-state index contributed by atoms with van der Waals surface area (Å²) in [5, 5.41) is 8.94. The zero-order chi connectivity index (χ0) is 15.6. The van der Waals surface area contributed by atoms with Crippen LogP contribution in [0.1, 0.15) is 15.9 Å². The van der Waals surface area contributed by atoms with Gasteiger partial charge in [0.15, 0.2) is 5.82 Å². The highest BCUT2D eigenvalue weighted by molar-refractivity contribution is 9.10. The fourth-order valence-corrected chi connectivity index (χ4v) is 2.45. The van der Waals surface area contributed by atoms with Gasteiger partial charge in [-0.3, -0.25) is 0 Å². The van der Waals surface area contributed by atoms with Gasteiger partial charge in [-0.15, -0.1) is 0 Å². The van der Waals surface area contributed by atoms with E-state index in [0.29, 0.717) is 6.54 Å². The molecular formula is C15H12BrF2NO2. The Morgan fingerprint density at radius 2 is 1.81 bits per heavy atom. The molecule has 2 rings (SSSR count). The van der Waals surface area contributed by atoms with E-state index in [4.69, 9.17) is 5.11 Å². The van der Waals surface area contributed by atoms with Crippen molar-refractivity contribution in [2.24, 2.45) is 0 Å². The Labute approximate surface area is 128 Å². The molecule has 0 unspecified atom stereocenters. The number of halogens is 3. The zero-order valence-electron chi connectivity index (χ0n) is 11.1. The van der Waals surface area contributed by atoms with Crippen molar-refractivity contribution < 1.29 is 18.7 Å². The molecule has 0 aromatic heterocycles. The van der Waals surface area contributed by atoms with Crippen LogP contribution in [-0.4, -0.2) is 18.1 Å². The van der Waals surface area contributed by atoms with Crippen LogP contribution in [0.4, 0.5) is 14.5 Å². The van der Waals surface area contributed by atoms with E-state index in [1.165, 1.54) is 24.3 Å². The van der Waals surface area contributed by atoms with Crippen LogP contribution in [0.3, 0.4) is 0 Å². The minimum absolute atomic E-state index is 0.0848. The van der Waals surface area contributed by atoms with E-state index in [2.05, 4.69) is 15.9 Å². The molecule has 0 bridgehead atoms. The molecule has 0 saturated heterocycles. The third-order valence-electron chi connectivity index (χ3n) is 3.04. The van der Waals surface area contributed by atoms with Crippen molar-refractivity contribution in [3.05, 3.63) is 63.6 Å². The third kappa shape index (κ3) is 3.39. The maximum atomic E-state index is 14.2. The molecule has 0 aliphatic heterocycles. The Hall–Kier alpha value is -1.95. The van der Waals surface area contributed by atoms with E-state index in [-0.39, 0.29) is 21.5 Å². The van der Waals surface area contributed by atoms with Crippen molar-refractivity contribution in [1.29, 1.82) is 0 Å². The molecular weight excluding hydrogens is 344 g/mol. The molecule has 0 heterocycles. The van der Waals surface area contributed by atoms with Crippen molar-refractivity contribution in [3.8, 4) is 0 Å². The van der Waals surface area contributed by atoms with Crippen molar-refractivity contribution >= 4 is 27.6 Å². The molecule has 3 nitrogen and oxygen atoms in total. The average Bonchev–Trinajstić information content (AvgIpc) is 2.43. The first-order valence-corrected chi connectivity index (χ1v) is 6.86. The average molecular weight is 356 g/mol. The first kappa shape index (κ1) is 15.4. The molecule has 0 spiro atoms. The Balaban J connectivity index is 2.27. The van der Waals surface area contributed by atoms with E-state index >= 15 is 0 Å². The summed E-state index contributed by atoms with van der Waals surface area (Å²) < 4.78 is 27.0. The van der Waals surface area contributed by atoms with Gasteiger partial charge < -0.3 is 10.0 Å². The molecule has 2 aromatic carbocycles. The number of hydrogen-bond donors (Lipinski definition) is 1. The summed E-state index contributed by atoms with van der Waals surface area (Å²) >= 11 is 2.96. The standard InChI is InChI=1S/C15H12BrF2NO2/c1-19(8-9-2-4-10(17)5-3-9)12-7-6-11(15(20)21)13(16)14(12)18/h2-7H,8H2,1H3,(H,20,21). The molecule has 0 atom stereocenters. The minimum Gasteiger partial charge on any atom is -0.478 e. The molecule has 2 aromatic rings. The second-order valence-electron chi connectivity index (χ2n) is 4.55. The van der Waals surface area contributed by atoms with Crippen LogP contribution in [0.5, 0.6) is 0 Å². The first-order chi connectivity index (χ1) is 9.90. The maximum Gasteiger partial charge on any atom is 0.336 e.